The summed E-state index contributed by atoms with van der Waals surface area (Å²) in [4.78, 5) is 11.0. The highest BCUT2D eigenvalue weighted by Gasteiger charge is 2.35. The van der Waals surface area contributed by atoms with Crippen molar-refractivity contribution >= 4 is 23.2 Å². The van der Waals surface area contributed by atoms with Gasteiger partial charge in [-0.15, -0.1) is 11.3 Å². The highest BCUT2D eigenvalue weighted by Crippen LogP contribution is 2.18. The van der Waals surface area contributed by atoms with Crippen LogP contribution in [0.3, 0.4) is 0 Å². The van der Waals surface area contributed by atoms with E-state index in [1.165, 1.54) is 11.3 Å². The number of halogens is 3. The van der Waals surface area contributed by atoms with Gasteiger partial charge in [0, 0.05) is 4.88 Å². The van der Waals surface area contributed by atoms with Crippen molar-refractivity contribution < 1.29 is 18.0 Å². The number of rotatable bonds is 2. The van der Waals surface area contributed by atoms with Gasteiger partial charge in [-0.2, -0.15) is 13.2 Å². The van der Waals surface area contributed by atoms with E-state index in [0.29, 0.717) is 11.0 Å². The fourth-order valence-electron chi connectivity index (χ4n) is 0.638. The Morgan fingerprint density at radius 3 is 2.62 bits per heavy atom. The maximum atomic E-state index is 11.7. The predicted molar refractivity (Wildman–Crippen MR) is 44.4 cm³/mol. The van der Waals surface area contributed by atoms with Crippen molar-refractivity contribution in [1.29, 1.82) is 0 Å². The van der Waals surface area contributed by atoms with Crippen LogP contribution in [-0.4, -0.2) is 12.0 Å². The minimum absolute atomic E-state index is 0.534. The average Bonchev–Trinajstić information content (AvgIpc) is 2.50. The molecule has 0 fully saturated rings. The van der Waals surface area contributed by atoms with Crippen LogP contribution in [0.2, 0.25) is 0 Å². The summed E-state index contributed by atoms with van der Waals surface area (Å²) in [6, 6.07) is 3.33. The van der Waals surface area contributed by atoms with Gasteiger partial charge >= 0.3 is 6.18 Å². The van der Waals surface area contributed by atoms with Crippen LogP contribution in [0, 0.1) is 0 Å². The monoisotopic (exact) mass is 206 g/mol. The minimum atomic E-state index is -4.77. The molecule has 0 saturated carbocycles. The summed E-state index contributed by atoms with van der Waals surface area (Å²) < 4.78 is 35.0. The summed E-state index contributed by atoms with van der Waals surface area (Å²) >= 11 is 1.27. The summed E-state index contributed by atoms with van der Waals surface area (Å²) in [6.07, 6.45) is -3.08. The van der Waals surface area contributed by atoms with Gasteiger partial charge in [0.25, 0.3) is 5.78 Å². The standard InChI is InChI=1S/C8H5F3OS/c9-8(10,11)7(12)4-3-6-2-1-5-13-6/h1-5H/b4-3+. The van der Waals surface area contributed by atoms with Crippen molar-refractivity contribution in [3.63, 3.8) is 0 Å². The Hall–Kier alpha value is -1.10. The molecule has 1 nitrogen and oxygen atoms in total. The van der Waals surface area contributed by atoms with E-state index in [2.05, 4.69) is 0 Å². The zero-order chi connectivity index (χ0) is 9.90. The van der Waals surface area contributed by atoms with Gasteiger partial charge in [-0.1, -0.05) is 6.07 Å². The number of allylic oxidation sites excluding steroid dienone is 1. The maximum absolute atomic E-state index is 11.7. The van der Waals surface area contributed by atoms with E-state index in [1.807, 2.05) is 0 Å². The van der Waals surface area contributed by atoms with Crippen molar-refractivity contribution in [2.45, 2.75) is 6.18 Å². The number of carbonyl (C=O) groups is 1. The van der Waals surface area contributed by atoms with Gasteiger partial charge in [-0.25, -0.2) is 0 Å². The molecule has 0 saturated heterocycles. The van der Waals surface area contributed by atoms with Gasteiger partial charge in [0.05, 0.1) is 0 Å². The van der Waals surface area contributed by atoms with E-state index < -0.39 is 12.0 Å². The summed E-state index contributed by atoms with van der Waals surface area (Å²) in [5.74, 6) is -1.83. The highest BCUT2D eigenvalue weighted by atomic mass is 32.1. The van der Waals surface area contributed by atoms with Gasteiger partial charge in [0.15, 0.2) is 0 Å². The molecule has 1 aromatic heterocycles. The van der Waals surface area contributed by atoms with Gasteiger partial charge in [0.1, 0.15) is 0 Å². The van der Waals surface area contributed by atoms with E-state index in [9.17, 15) is 18.0 Å². The third-order valence-electron chi connectivity index (χ3n) is 1.22. The lowest BCUT2D eigenvalue weighted by molar-refractivity contribution is -0.165. The molecule has 1 rings (SSSR count). The lowest BCUT2D eigenvalue weighted by Crippen LogP contribution is -2.19. The molecule has 0 aliphatic heterocycles. The average molecular weight is 206 g/mol. The molecule has 0 aliphatic carbocycles. The van der Waals surface area contributed by atoms with Crippen LogP contribution in [0.15, 0.2) is 23.6 Å². The van der Waals surface area contributed by atoms with Crippen LogP contribution in [0.25, 0.3) is 6.08 Å². The van der Waals surface area contributed by atoms with Crippen LogP contribution in [0.4, 0.5) is 13.2 Å². The smallest absolute Gasteiger partial charge is 0.285 e. The number of alkyl halides is 3. The Bertz CT molecular complexity index is 311. The third kappa shape index (κ3) is 3.02. The molecular weight excluding hydrogens is 201 g/mol. The SMILES string of the molecule is O=C(/C=C/c1cccs1)C(F)(F)F. The second-order valence-corrected chi connectivity index (χ2v) is 3.19. The van der Waals surface area contributed by atoms with E-state index in [1.54, 1.807) is 17.5 Å². The van der Waals surface area contributed by atoms with Gasteiger partial charge in [-0.3, -0.25) is 4.79 Å². The zero-order valence-electron chi connectivity index (χ0n) is 6.34. The van der Waals surface area contributed by atoms with Gasteiger partial charge < -0.3 is 0 Å². The van der Waals surface area contributed by atoms with Crippen LogP contribution >= 0.6 is 11.3 Å². The Labute approximate surface area is 76.5 Å². The van der Waals surface area contributed by atoms with Crippen LogP contribution in [0.5, 0.6) is 0 Å². The first-order valence-corrected chi connectivity index (χ1v) is 4.21. The molecule has 1 heterocycles. The van der Waals surface area contributed by atoms with Gasteiger partial charge in [-0.05, 0) is 23.6 Å². The van der Waals surface area contributed by atoms with Crippen molar-refractivity contribution in [3.8, 4) is 0 Å². The molecule has 1 aromatic rings. The molecule has 0 unspecified atom stereocenters. The molecule has 0 aromatic carbocycles. The van der Waals surface area contributed by atoms with Crippen molar-refractivity contribution in [3.05, 3.63) is 28.5 Å². The first-order chi connectivity index (χ1) is 6.00. The summed E-state index contributed by atoms with van der Waals surface area (Å²) in [5.41, 5.74) is 0. The Morgan fingerprint density at radius 2 is 2.15 bits per heavy atom. The van der Waals surface area contributed by atoms with Crippen molar-refractivity contribution in [2.75, 3.05) is 0 Å². The van der Waals surface area contributed by atoms with Crippen LogP contribution in [-0.2, 0) is 4.79 Å². The molecule has 0 aliphatic rings. The second kappa shape index (κ2) is 3.74. The molecule has 0 radical (unpaired) electrons. The van der Waals surface area contributed by atoms with Crippen molar-refractivity contribution in [2.24, 2.45) is 0 Å². The molecule has 0 bridgehead atoms. The van der Waals surface area contributed by atoms with E-state index >= 15 is 0 Å². The predicted octanol–water partition coefficient (Wildman–Crippen LogP) is 2.89. The molecular formula is C8H5F3OS. The minimum Gasteiger partial charge on any atom is -0.285 e. The van der Waals surface area contributed by atoms with Crippen LogP contribution < -0.4 is 0 Å². The fourth-order valence-corrected chi connectivity index (χ4v) is 1.26. The van der Waals surface area contributed by atoms with E-state index in [4.69, 9.17) is 0 Å². The summed E-state index contributed by atoms with van der Waals surface area (Å²) in [6.45, 7) is 0. The first-order valence-electron chi connectivity index (χ1n) is 3.33. The lowest BCUT2D eigenvalue weighted by Gasteiger charge is -1.98. The molecule has 13 heavy (non-hydrogen) atoms. The molecule has 0 spiro atoms. The third-order valence-corrected chi connectivity index (χ3v) is 2.06. The summed E-state index contributed by atoms with van der Waals surface area (Å²) in [5, 5.41) is 1.72. The summed E-state index contributed by atoms with van der Waals surface area (Å²) in [7, 11) is 0. The lowest BCUT2D eigenvalue weighted by atomic mass is 10.3. The quantitative estimate of drug-likeness (QED) is 0.680. The Morgan fingerprint density at radius 1 is 1.46 bits per heavy atom. The molecule has 5 heteroatoms. The molecule has 0 amide bonds. The maximum Gasteiger partial charge on any atom is 0.454 e. The molecule has 0 N–H and O–H groups in total. The zero-order valence-corrected chi connectivity index (χ0v) is 7.15. The number of ketones is 1. The number of thiophene rings is 1. The number of carbonyl (C=O) groups excluding carboxylic acids is 1. The van der Waals surface area contributed by atoms with Gasteiger partial charge in [0.2, 0.25) is 0 Å². The normalized spacial score (nSPS) is 12.2. The first kappa shape index (κ1) is 9.98. The van der Waals surface area contributed by atoms with Crippen LogP contribution in [0.1, 0.15) is 4.88 Å². The van der Waals surface area contributed by atoms with E-state index in [0.717, 1.165) is 6.08 Å². The topological polar surface area (TPSA) is 17.1 Å². The highest BCUT2D eigenvalue weighted by molar-refractivity contribution is 7.10. The number of hydrogen-bond donors (Lipinski definition) is 0. The largest absolute Gasteiger partial charge is 0.454 e. The number of hydrogen-bond acceptors (Lipinski definition) is 2. The molecule has 70 valence electrons. The molecule has 0 atom stereocenters. The Balaban J connectivity index is 2.65. The van der Waals surface area contributed by atoms with E-state index in [-0.39, 0.29) is 0 Å². The second-order valence-electron chi connectivity index (χ2n) is 2.21. The Kier molecular flexibility index (Phi) is 2.87. The van der Waals surface area contributed by atoms with Crippen molar-refractivity contribution in [1.82, 2.24) is 0 Å². The fraction of sp³-hybridized carbons (Fsp3) is 0.125.